The lowest BCUT2D eigenvalue weighted by molar-refractivity contribution is 1.20. The minimum absolute atomic E-state index is 0.491. The number of hydrogen-bond donors (Lipinski definition) is 0. The molecule has 0 saturated carbocycles. The van der Waals surface area contributed by atoms with Gasteiger partial charge in [0.2, 0.25) is 0 Å². The van der Waals surface area contributed by atoms with E-state index in [1.54, 1.807) is 0 Å². The van der Waals surface area contributed by atoms with Crippen molar-refractivity contribution in [1.29, 1.82) is 5.26 Å². The van der Waals surface area contributed by atoms with Gasteiger partial charge in [0.15, 0.2) is 0 Å². The highest BCUT2D eigenvalue weighted by Crippen LogP contribution is 2.06. The Balaban J connectivity index is 2.81. The van der Waals surface area contributed by atoms with E-state index in [4.69, 9.17) is 5.26 Å². The third-order valence-electron chi connectivity index (χ3n) is 1.65. The van der Waals surface area contributed by atoms with Crippen LogP contribution in [-0.2, 0) is 12.8 Å². The Kier molecular flexibility index (Phi) is 3.10. The van der Waals surface area contributed by atoms with Gasteiger partial charge in [0.25, 0.3) is 0 Å². The Morgan fingerprint density at radius 3 is 2.83 bits per heavy atom. The van der Waals surface area contributed by atoms with Gasteiger partial charge >= 0.3 is 0 Å². The zero-order chi connectivity index (χ0) is 8.81. The molecular formula is C11H11N. The van der Waals surface area contributed by atoms with E-state index in [0.717, 1.165) is 12.0 Å². The van der Waals surface area contributed by atoms with E-state index in [1.165, 1.54) is 5.56 Å². The van der Waals surface area contributed by atoms with Crippen LogP contribution in [0.3, 0.4) is 0 Å². The highest BCUT2D eigenvalue weighted by atomic mass is 14.2. The molecule has 60 valence electrons. The van der Waals surface area contributed by atoms with E-state index in [1.807, 2.05) is 30.3 Å². The summed E-state index contributed by atoms with van der Waals surface area (Å²) in [6.45, 7) is 3.67. The lowest BCUT2D eigenvalue weighted by Gasteiger charge is -1.98. The van der Waals surface area contributed by atoms with Gasteiger partial charge in [-0.2, -0.15) is 5.26 Å². The van der Waals surface area contributed by atoms with Crippen LogP contribution in [0.2, 0.25) is 0 Å². The van der Waals surface area contributed by atoms with Gasteiger partial charge in [0, 0.05) is 0 Å². The summed E-state index contributed by atoms with van der Waals surface area (Å²) >= 11 is 0. The number of allylic oxidation sites excluding steroid dienone is 1. The molecule has 1 aromatic carbocycles. The van der Waals surface area contributed by atoms with Crippen LogP contribution < -0.4 is 0 Å². The first kappa shape index (κ1) is 8.55. The lowest BCUT2D eigenvalue weighted by Crippen LogP contribution is -1.85. The molecule has 12 heavy (non-hydrogen) atoms. The normalized spacial score (nSPS) is 8.92. The van der Waals surface area contributed by atoms with Crippen LogP contribution in [0.1, 0.15) is 11.1 Å². The summed E-state index contributed by atoms with van der Waals surface area (Å²) in [6, 6.07) is 10.2. The number of nitrogens with zero attached hydrogens (tertiary/aromatic N) is 1. The monoisotopic (exact) mass is 157 g/mol. The summed E-state index contributed by atoms with van der Waals surface area (Å²) in [5, 5.41) is 8.47. The molecule has 0 aromatic heterocycles. The maximum atomic E-state index is 8.47. The summed E-state index contributed by atoms with van der Waals surface area (Å²) in [6.07, 6.45) is 3.23. The molecule has 0 saturated heterocycles. The lowest BCUT2D eigenvalue weighted by atomic mass is 10.1. The Bertz CT molecular complexity index is 307. The number of rotatable bonds is 3. The SMILES string of the molecule is C=CCc1cccc(CC#N)c1. The van der Waals surface area contributed by atoms with Gasteiger partial charge in [-0.15, -0.1) is 6.58 Å². The highest BCUT2D eigenvalue weighted by Gasteiger charge is 1.92. The molecule has 0 unspecified atom stereocenters. The van der Waals surface area contributed by atoms with E-state index in [0.29, 0.717) is 6.42 Å². The van der Waals surface area contributed by atoms with E-state index < -0.39 is 0 Å². The van der Waals surface area contributed by atoms with Crippen molar-refractivity contribution in [3.63, 3.8) is 0 Å². The topological polar surface area (TPSA) is 23.8 Å². The zero-order valence-corrected chi connectivity index (χ0v) is 6.96. The minimum Gasteiger partial charge on any atom is -0.198 e. The Hall–Kier alpha value is -1.55. The number of nitriles is 1. The first-order valence-corrected chi connectivity index (χ1v) is 3.92. The van der Waals surface area contributed by atoms with Crippen molar-refractivity contribution in [2.24, 2.45) is 0 Å². The maximum absolute atomic E-state index is 8.47. The van der Waals surface area contributed by atoms with Crippen LogP contribution in [0.25, 0.3) is 0 Å². The smallest absolute Gasteiger partial charge is 0.0669 e. The van der Waals surface area contributed by atoms with E-state index in [-0.39, 0.29) is 0 Å². The highest BCUT2D eigenvalue weighted by molar-refractivity contribution is 5.26. The third kappa shape index (κ3) is 2.25. The summed E-state index contributed by atoms with van der Waals surface area (Å²) in [7, 11) is 0. The largest absolute Gasteiger partial charge is 0.198 e. The molecule has 0 amide bonds. The maximum Gasteiger partial charge on any atom is 0.0669 e. The van der Waals surface area contributed by atoms with Crippen molar-refractivity contribution in [2.75, 3.05) is 0 Å². The van der Waals surface area contributed by atoms with Gasteiger partial charge in [0.1, 0.15) is 0 Å². The second kappa shape index (κ2) is 4.35. The first-order valence-electron chi connectivity index (χ1n) is 3.92. The summed E-state index contributed by atoms with van der Waals surface area (Å²) in [5.41, 5.74) is 2.30. The molecule has 0 fully saturated rings. The predicted octanol–water partition coefficient (Wildman–Crippen LogP) is 2.48. The van der Waals surface area contributed by atoms with Crippen molar-refractivity contribution >= 4 is 0 Å². The molecule has 0 radical (unpaired) electrons. The van der Waals surface area contributed by atoms with Crippen molar-refractivity contribution < 1.29 is 0 Å². The molecule has 0 heterocycles. The first-order chi connectivity index (χ1) is 5.86. The standard InChI is InChI=1S/C11H11N/c1-2-4-10-5-3-6-11(9-10)7-8-12/h2-3,5-6,9H,1,4,7H2. The van der Waals surface area contributed by atoms with Crippen molar-refractivity contribution in [2.45, 2.75) is 12.8 Å². The molecule has 0 aliphatic carbocycles. The fourth-order valence-corrected chi connectivity index (χ4v) is 1.12. The fraction of sp³-hybridized carbons (Fsp3) is 0.182. The average molecular weight is 157 g/mol. The molecule has 1 rings (SSSR count). The summed E-state index contributed by atoms with van der Waals surface area (Å²) in [4.78, 5) is 0. The molecule has 1 heteroatoms. The van der Waals surface area contributed by atoms with Gasteiger partial charge in [-0.3, -0.25) is 0 Å². The molecule has 0 atom stereocenters. The van der Waals surface area contributed by atoms with E-state index in [2.05, 4.69) is 12.6 Å². The van der Waals surface area contributed by atoms with E-state index >= 15 is 0 Å². The summed E-state index contributed by atoms with van der Waals surface area (Å²) in [5.74, 6) is 0. The van der Waals surface area contributed by atoms with Gasteiger partial charge < -0.3 is 0 Å². The van der Waals surface area contributed by atoms with Crippen molar-refractivity contribution in [1.82, 2.24) is 0 Å². The molecule has 0 bridgehead atoms. The molecule has 1 nitrogen and oxygen atoms in total. The van der Waals surface area contributed by atoms with Crippen molar-refractivity contribution in [3.8, 4) is 6.07 Å². The number of benzene rings is 1. The van der Waals surface area contributed by atoms with Gasteiger partial charge in [-0.25, -0.2) is 0 Å². The van der Waals surface area contributed by atoms with Crippen LogP contribution >= 0.6 is 0 Å². The van der Waals surface area contributed by atoms with E-state index in [9.17, 15) is 0 Å². The quantitative estimate of drug-likeness (QED) is 0.618. The minimum atomic E-state index is 0.491. The van der Waals surface area contributed by atoms with Crippen molar-refractivity contribution in [3.05, 3.63) is 48.0 Å². The van der Waals surface area contributed by atoms with Crippen LogP contribution in [0, 0.1) is 11.3 Å². The summed E-state index contributed by atoms with van der Waals surface area (Å²) < 4.78 is 0. The molecule has 0 aliphatic heterocycles. The molecule has 0 aliphatic rings. The van der Waals surface area contributed by atoms with Crippen LogP contribution in [-0.4, -0.2) is 0 Å². The second-order valence-electron chi connectivity index (χ2n) is 2.65. The Morgan fingerprint density at radius 2 is 2.17 bits per heavy atom. The number of hydrogen-bond acceptors (Lipinski definition) is 1. The molecular weight excluding hydrogens is 146 g/mol. The Morgan fingerprint density at radius 1 is 1.42 bits per heavy atom. The van der Waals surface area contributed by atoms with Crippen LogP contribution in [0.5, 0.6) is 0 Å². The van der Waals surface area contributed by atoms with Gasteiger partial charge in [0.05, 0.1) is 12.5 Å². The fourth-order valence-electron chi connectivity index (χ4n) is 1.12. The van der Waals surface area contributed by atoms with Gasteiger partial charge in [-0.1, -0.05) is 30.3 Å². The van der Waals surface area contributed by atoms with Crippen LogP contribution in [0.15, 0.2) is 36.9 Å². The molecule has 1 aromatic rings. The van der Waals surface area contributed by atoms with Gasteiger partial charge in [-0.05, 0) is 17.5 Å². The average Bonchev–Trinajstić information content (AvgIpc) is 2.06. The Labute approximate surface area is 73.0 Å². The third-order valence-corrected chi connectivity index (χ3v) is 1.65. The second-order valence-corrected chi connectivity index (χ2v) is 2.65. The predicted molar refractivity (Wildman–Crippen MR) is 49.7 cm³/mol. The zero-order valence-electron chi connectivity index (χ0n) is 6.96. The molecule has 0 spiro atoms. The molecule has 0 N–H and O–H groups in total. The van der Waals surface area contributed by atoms with Crippen LogP contribution in [0.4, 0.5) is 0 Å².